The van der Waals surface area contributed by atoms with Gasteiger partial charge in [0.1, 0.15) is 6.04 Å². The van der Waals surface area contributed by atoms with Gasteiger partial charge in [0.05, 0.1) is 21.1 Å². The van der Waals surface area contributed by atoms with Crippen LogP contribution in [0, 0.1) is 0 Å². The molecule has 0 aliphatic heterocycles. The van der Waals surface area contributed by atoms with Gasteiger partial charge in [0, 0.05) is 18.4 Å². The molecule has 3 heteroatoms. The average molecular weight is 282 g/mol. The number of rotatable bonds is 6. The highest BCUT2D eigenvalue weighted by Gasteiger charge is 2.26. The summed E-state index contributed by atoms with van der Waals surface area (Å²) in [6.45, 7) is 5.50. The Morgan fingerprint density at radius 2 is 1.74 bits per heavy atom. The summed E-state index contributed by atoms with van der Waals surface area (Å²) < 4.78 is 0.827. The van der Waals surface area contributed by atoms with E-state index in [1.165, 1.54) is 5.56 Å². The molecule has 0 saturated carbocycles. The molecule has 19 heavy (non-hydrogen) atoms. The lowest BCUT2D eigenvalue weighted by Gasteiger charge is -2.34. The maximum atomic E-state index is 11.7. The summed E-state index contributed by atoms with van der Waals surface area (Å²) in [7, 11) is 6.51. The van der Waals surface area contributed by atoms with Crippen molar-refractivity contribution in [2.45, 2.75) is 25.8 Å². The van der Waals surface area contributed by atoms with Gasteiger partial charge in [-0.05, 0) is 12.5 Å². The van der Waals surface area contributed by atoms with Gasteiger partial charge in [-0.25, -0.2) is 0 Å². The van der Waals surface area contributed by atoms with Gasteiger partial charge < -0.3 is 16.9 Å². The third kappa shape index (κ3) is 5.58. The second kappa shape index (κ2) is 7.46. The summed E-state index contributed by atoms with van der Waals surface area (Å²) >= 11 is 0. The van der Waals surface area contributed by atoms with Gasteiger partial charge in [0.25, 0.3) is 0 Å². The van der Waals surface area contributed by atoms with E-state index in [0.717, 1.165) is 10.9 Å². The number of hydrogen-bond acceptors (Lipinski definition) is 1. The van der Waals surface area contributed by atoms with Crippen molar-refractivity contribution in [1.82, 2.24) is 0 Å². The third-order valence-electron chi connectivity index (χ3n) is 3.24. The van der Waals surface area contributed by atoms with Crippen molar-refractivity contribution in [2.24, 2.45) is 0 Å². The van der Waals surface area contributed by atoms with E-state index >= 15 is 0 Å². The lowest BCUT2D eigenvalue weighted by molar-refractivity contribution is -0.902. The molecule has 0 amide bonds. The number of carbonyl (C=O) groups is 1. The molecule has 1 atom stereocenters. The molecule has 0 saturated heterocycles. The van der Waals surface area contributed by atoms with Crippen LogP contribution >= 0.6 is 0 Å². The molecule has 0 fully saturated rings. The summed E-state index contributed by atoms with van der Waals surface area (Å²) in [5.74, 6) is 0.171. The Morgan fingerprint density at radius 3 is 2.16 bits per heavy atom. The SMILES string of the molecule is C=C(C)C(=O)CCC(c1ccccc1)[N+](C)(C)C.[Cl-]. The van der Waals surface area contributed by atoms with E-state index in [4.69, 9.17) is 0 Å². The first-order valence-corrected chi connectivity index (χ1v) is 6.37. The van der Waals surface area contributed by atoms with Crippen LogP contribution in [0.25, 0.3) is 0 Å². The van der Waals surface area contributed by atoms with Gasteiger partial charge in [-0.15, -0.1) is 0 Å². The molecule has 0 aliphatic rings. The second-order valence-electron chi connectivity index (χ2n) is 5.78. The minimum absolute atomic E-state index is 0. The minimum atomic E-state index is 0. The van der Waals surface area contributed by atoms with E-state index in [0.29, 0.717) is 18.0 Å². The van der Waals surface area contributed by atoms with Gasteiger partial charge >= 0.3 is 0 Å². The van der Waals surface area contributed by atoms with Crippen LogP contribution in [0.2, 0.25) is 0 Å². The standard InChI is InChI=1S/C16H24NO.ClH/c1-13(2)16(18)12-11-15(17(3,4)5)14-9-7-6-8-10-14;/h6-10,15H,1,11-12H2,2-5H3;1H/q+1;/p-1. The monoisotopic (exact) mass is 281 g/mol. The first kappa shape index (κ1) is 17.9. The molecule has 0 spiro atoms. The second-order valence-corrected chi connectivity index (χ2v) is 5.78. The fourth-order valence-corrected chi connectivity index (χ4v) is 2.16. The van der Waals surface area contributed by atoms with Crippen molar-refractivity contribution in [1.29, 1.82) is 0 Å². The molecule has 0 bridgehead atoms. The van der Waals surface area contributed by atoms with Crippen molar-refractivity contribution in [3.63, 3.8) is 0 Å². The average Bonchev–Trinajstić information content (AvgIpc) is 2.28. The summed E-state index contributed by atoms with van der Waals surface area (Å²) in [5, 5.41) is 0. The first-order chi connectivity index (χ1) is 8.32. The molecule has 0 aliphatic carbocycles. The predicted octanol–water partition coefficient (Wildman–Crippen LogP) is 0.363. The Bertz CT molecular complexity index is 420. The summed E-state index contributed by atoms with van der Waals surface area (Å²) in [4.78, 5) is 11.7. The van der Waals surface area contributed by atoms with Crippen LogP contribution in [0.3, 0.4) is 0 Å². The zero-order valence-corrected chi connectivity index (χ0v) is 13.1. The zero-order chi connectivity index (χ0) is 13.8. The Morgan fingerprint density at radius 1 is 1.21 bits per heavy atom. The van der Waals surface area contributed by atoms with Crippen molar-refractivity contribution in [3.8, 4) is 0 Å². The third-order valence-corrected chi connectivity index (χ3v) is 3.24. The van der Waals surface area contributed by atoms with Crippen LogP contribution in [0.5, 0.6) is 0 Å². The summed E-state index contributed by atoms with van der Waals surface area (Å²) in [6.07, 6.45) is 1.43. The van der Waals surface area contributed by atoms with Crippen molar-refractivity contribution < 1.29 is 21.7 Å². The van der Waals surface area contributed by atoms with Crippen LogP contribution in [-0.4, -0.2) is 31.4 Å². The van der Waals surface area contributed by atoms with Crippen molar-refractivity contribution in [2.75, 3.05) is 21.1 Å². The normalized spacial score (nSPS) is 12.4. The van der Waals surface area contributed by atoms with E-state index in [1.807, 2.05) is 6.07 Å². The van der Waals surface area contributed by atoms with E-state index in [2.05, 4.69) is 52.0 Å². The van der Waals surface area contributed by atoms with Gasteiger partial charge in [0.15, 0.2) is 5.78 Å². The van der Waals surface area contributed by atoms with E-state index in [1.54, 1.807) is 6.92 Å². The molecular weight excluding hydrogens is 258 g/mol. The van der Waals surface area contributed by atoms with Gasteiger partial charge in [-0.2, -0.15) is 0 Å². The Labute approximate surface area is 123 Å². The Balaban J connectivity index is 0.00000324. The number of Topliss-reactive ketones (excluding diaryl/α,β-unsaturated/α-hetero) is 1. The highest BCUT2D eigenvalue weighted by molar-refractivity contribution is 5.94. The maximum Gasteiger partial charge on any atom is 0.158 e. The lowest BCUT2D eigenvalue weighted by atomic mass is 9.97. The number of nitrogens with zero attached hydrogens (tertiary/aromatic N) is 1. The van der Waals surface area contributed by atoms with Crippen molar-refractivity contribution in [3.05, 3.63) is 48.0 Å². The Hall–Kier alpha value is -1.12. The molecule has 1 unspecified atom stereocenters. The fourth-order valence-electron chi connectivity index (χ4n) is 2.16. The first-order valence-electron chi connectivity index (χ1n) is 6.37. The number of halogens is 1. The number of quaternary nitrogens is 1. The predicted molar refractivity (Wildman–Crippen MR) is 76.3 cm³/mol. The molecule has 0 N–H and O–H groups in total. The van der Waals surface area contributed by atoms with Gasteiger partial charge in [-0.1, -0.05) is 36.9 Å². The zero-order valence-electron chi connectivity index (χ0n) is 12.3. The lowest BCUT2D eigenvalue weighted by Crippen LogP contribution is -3.00. The molecule has 106 valence electrons. The number of carbonyl (C=O) groups excluding carboxylic acids is 1. The quantitative estimate of drug-likeness (QED) is 0.544. The molecule has 1 aromatic rings. The molecule has 0 radical (unpaired) electrons. The van der Waals surface area contributed by atoms with Crippen LogP contribution in [-0.2, 0) is 4.79 Å². The molecule has 1 aromatic carbocycles. The van der Waals surface area contributed by atoms with Crippen LogP contribution in [0.4, 0.5) is 0 Å². The van der Waals surface area contributed by atoms with Gasteiger partial charge in [0.2, 0.25) is 0 Å². The highest BCUT2D eigenvalue weighted by Crippen LogP contribution is 2.28. The molecule has 0 aromatic heterocycles. The number of ketones is 1. The molecule has 2 nitrogen and oxygen atoms in total. The van der Waals surface area contributed by atoms with Crippen LogP contribution < -0.4 is 12.4 Å². The topological polar surface area (TPSA) is 17.1 Å². The summed E-state index contributed by atoms with van der Waals surface area (Å²) in [6, 6.07) is 10.8. The number of hydrogen-bond donors (Lipinski definition) is 0. The van der Waals surface area contributed by atoms with E-state index in [-0.39, 0.29) is 18.2 Å². The molecule has 1 rings (SSSR count). The molecular formula is C16H24ClNO. The maximum absolute atomic E-state index is 11.7. The summed E-state index contributed by atoms with van der Waals surface area (Å²) in [5.41, 5.74) is 1.95. The smallest absolute Gasteiger partial charge is 0.158 e. The molecule has 0 heterocycles. The Kier molecular flexibility index (Phi) is 7.02. The largest absolute Gasteiger partial charge is 1.00 e. The number of benzene rings is 1. The number of allylic oxidation sites excluding steroid dienone is 1. The van der Waals surface area contributed by atoms with E-state index in [9.17, 15) is 4.79 Å². The van der Waals surface area contributed by atoms with Crippen molar-refractivity contribution >= 4 is 5.78 Å². The fraction of sp³-hybridized carbons (Fsp3) is 0.438. The minimum Gasteiger partial charge on any atom is -1.00 e. The van der Waals surface area contributed by atoms with E-state index < -0.39 is 0 Å². The van der Waals surface area contributed by atoms with Gasteiger partial charge in [-0.3, -0.25) is 4.79 Å². The van der Waals surface area contributed by atoms with Crippen LogP contribution in [0.15, 0.2) is 42.5 Å². The highest BCUT2D eigenvalue weighted by atomic mass is 35.5. The van der Waals surface area contributed by atoms with Crippen LogP contribution in [0.1, 0.15) is 31.4 Å².